The molecule has 3 N–H and O–H groups in total. The van der Waals surface area contributed by atoms with Gasteiger partial charge in [-0.25, -0.2) is 0 Å². The average Bonchev–Trinajstić information content (AvgIpc) is 2.25. The zero-order valence-electron chi connectivity index (χ0n) is 8.80. The lowest BCUT2D eigenvalue weighted by Crippen LogP contribution is -2.29. The lowest BCUT2D eigenvalue weighted by Gasteiger charge is -2.13. The first-order valence-corrected chi connectivity index (χ1v) is 5.02. The van der Waals surface area contributed by atoms with Gasteiger partial charge >= 0.3 is 7.32 Å². The topological polar surface area (TPSA) is 88.4 Å². The maximum atomic E-state index is 8.54. The van der Waals surface area contributed by atoms with E-state index in [2.05, 4.69) is 0 Å². The molecule has 0 saturated heterocycles. The van der Waals surface area contributed by atoms with Crippen molar-refractivity contribution in [2.45, 2.75) is 12.8 Å². The fourth-order valence-electron chi connectivity index (χ4n) is 0.781. The van der Waals surface area contributed by atoms with Crippen molar-refractivity contribution < 1.29 is 29.3 Å². The van der Waals surface area contributed by atoms with Crippen LogP contribution in [0.1, 0.15) is 12.8 Å². The zero-order chi connectivity index (χ0) is 11.4. The van der Waals surface area contributed by atoms with Crippen LogP contribution in [0.25, 0.3) is 0 Å². The predicted molar refractivity (Wildman–Crippen MR) is 54.1 cm³/mol. The molecular weight excluding hydrogens is 203 g/mol. The quantitative estimate of drug-likeness (QED) is 0.300. The van der Waals surface area contributed by atoms with Gasteiger partial charge in [-0.15, -0.1) is 0 Å². The van der Waals surface area contributed by atoms with E-state index in [9.17, 15) is 0 Å². The molecule has 0 atom stereocenters. The molecule has 0 unspecified atom stereocenters. The van der Waals surface area contributed by atoms with Crippen molar-refractivity contribution in [2.75, 3.05) is 39.6 Å². The normalized spacial score (nSPS) is 10.6. The fourth-order valence-corrected chi connectivity index (χ4v) is 0.781. The van der Waals surface area contributed by atoms with E-state index < -0.39 is 7.32 Å². The standard InChI is InChI=1S/C8H19BO6/c10-3-1-6-13-9(15-8-5-12)14-7-2-4-11/h10-12H,1-8H2. The number of hydrogen-bond acceptors (Lipinski definition) is 6. The SMILES string of the molecule is OCCCOB(OCCO)OCCCO. The highest BCUT2D eigenvalue weighted by Gasteiger charge is 2.20. The van der Waals surface area contributed by atoms with Crippen LogP contribution >= 0.6 is 0 Å². The van der Waals surface area contributed by atoms with Crippen molar-refractivity contribution in [1.82, 2.24) is 0 Å². The van der Waals surface area contributed by atoms with Crippen molar-refractivity contribution in [2.24, 2.45) is 0 Å². The van der Waals surface area contributed by atoms with Crippen molar-refractivity contribution in [1.29, 1.82) is 0 Å². The zero-order valence-corrected chi connectivity index (χ0v) is 8.80. The van der Waals surface area contributed by atoms with Gasteiger partial charge in [0.2, 0.25) is 0 Å². The van der Waals surface area contributed by atoms with E-state index in [-0.39, 0.29) is 26.4 Å². The first-order chi connectivity index (χ1) is 7.35. The molecule has 0 aliphatic carbocycles. The second-order valence-electron chi connectivity index (χ2n) is 2.78. The number of hydrogen-bond donors (Lipinski definition) is 3. The third kappa shape index (κ3) is 10.1. The molecule has 6 nitrogen and oxygen atoms in total. The Morgan fingerprint density at radius 1 is 0.667 bits per heavy atom. The van der Waals surface area contributed by atoms with Gasteiger partial charge in [-0.2, -0.15) is 0 Å². The molecule has 0 aliphatic rings. The van der Waals surface area contributed by atoms with Gasteiger partial charge in [0.25, 0.3) is 0 Å². The van der Waals surface area contributed by atoms with Gasteiger partial charge in [0.1, 0.15) is 0 Å². The summed E-state index contributed by atoms with van der Waals surface area (Å²) in [5.74, 6) is 0. The Bertz CT molecular complexity index is 116. The summed E-state index contributed by atoms with van der Waals surface area (Å²) in [4.78, 5) is 0. The van der Waals surface area contributed by atoms with Crippen LogP contribution in [0.4, 0.5) is 0 Å². The van der Waals surface area contributed by atoms with E-state index in [0.29, 0.717) is 26.1 Å². The molecule has 15 heavy (non-hydrogen) atoms. The molecule has 0 aliphatic heterocycles. The molecule has 90 valence electrons. The Morgan fingerprint density at radius 2 is 1.13 bits per heavy atom. The summed E-state index contributed by atoms with van der Waals surface area (Å²) in [6.07, 6.45) is 1.00. The highest BCUT2D eigenvalue weighted by molar-refractivity contribution is 6.36. The summed E-state index contributed by atoms with van der Waals surface area (Å²) >= 11 is 0. The van der Waals surface area contributed by atoms with Gasteiger partial charge in [0, 0.05) is 26.4 Å². The summed E-state index contributed by atoms with van der Waals surface area (Å²) < 4.78 is 15.3. The highest BCUT2D eigenvalue weighted by Crippen LogP contribution is 1.95. The largest absolute Gasteiger partial charge is 0.639 e. The molecule has 7 heteroatoms. The van der Waals surface area contributed by atoms with Gasteiger partial charge in [-0.05, 0) is 12.8 Å². The minimum Gasteiger partial charge on any atom is -0.396 e. The molecule has 0 heterocycles. The minimum absolute atomic E-state index is 0.0450. The molecular formula is C8H19BO6. The van der Waals surface area contributed by atoms with Crippen LogP contribution in [0.2, 0.25) is 0 Å². The van der Waals surface area contributed by atoms with Gasteiger partial charge in [-0.1, -0.05) is 0 Å². The van der Waals surface area contributed by atoms with Crippen molar-refractivity contribution >= 4 is 7.32 Å². The van der Waals surface area contributed by atoms with Crippen LogP contribution in [0.5, 0.6) is 0 Å². The maximum Gasteiger partial charge on any atom is 0.639 e. The Hall–Kier alpha value is -0.175. The molecule has 0 radical (unpaired) electrons. The molecule has 0 bridgehead atoms. The summed E-state index contributed by atoms with van der Waals surface area (Å²) in [6.45, 7) is 0.760. The lowest BCUT2D eigenvalue weighted by atomic mass is 10.2. The molecule has 0 aromatic carbocycles. The van der Waals surface area contributed by atoms with E-state index in [4.69, 9.17) is 29.3 Å². The monoisotopic (exact) mass is 222 g/mol. The number of rotatable bonds is 11. The van der Waals surface area contributed by atoms with Gasteiger partial charge < -0.3 is 29.3 Å². The van der Waals surface area contributed by atoms with Crippen LogP contribution in [-0.2, 0) is 14.0 Å². The lowest BCUT2D eigenvalue weighted by molar-refractivity contribution is 0.0692. The predicted octanol–water partition coefficient (Wildman–Crippen LogP) is -1.22. The van der Waals surface area contributed by atoms with Crippen LogP contribution < -0.4 is 0 Å². The first-order valence-electron chi connectivity index (χ1n) is 5.02. The van der Waals surface area contributed by atoms with Gasteiger partial charge in [-0.3, -0.25) is 0 Å². The van der Waals surface area contributed by atoms with Crippen molar-refractivity contribution in [3.8, 4) is 0 Å². The van der Waals surface area contributed by atoms with Crippen LogP contribution in [0.15, 0.2) is 0 Å². The second kappa shape index (κ2) is 11.9. The van der Waals surface area contributed by atoms with Crippen LogP contribution in [0, 0.1) is 0 Å². The second-order valence-corrected chi connectivity index (χ2v) is 2.78. The van der Waals surface area contributed by atoms with E-state index >= 15 is 0 Å². The first kappa shape index (κ1) is 14.8. The molecule has 0 fully saturated rings. The number of aliphatic hydroxyl groups is 3. The minimum atomic E-state index is -0.838. The van der Waals surface area contributed by atoms with E-state index in [1.54, 1.807) is 0 Å². The fraction of sp³-hybridized carbons (Fsp3) is 1.00. The van der Waals surface area contributed by atoms with Crippen LogP contribution in [-0.4, -0.2) is 62.3 Å². The van der Waals surface area contributed by atoms with E-state index in [1.807, 2.05) is 0 Å². The Morgan fingerprint density at radius 3 is 1.53 bits per heavy atom. The van der Waals surface area contributed by atoms with E-state index in [1.165, 1.54) is 0 Å². The van der Waals surface area contributed by atoms with Gasteiger partial charge in [0.15, 0.2) is 0 Å². The smallest absolute Gasteiger partial charge is 0.396 e. The number of aliphatic hydroxyl groups excluding tert-OH is 3. The highest BCUT2D eigenvalue weighted by atomic mass is 16.7. The summed E-state index contributed by atoms with van der Waals surface area (Å²) in [6, 6.07) is 0. The van der Waals surface area contributed by atoms with Gasteiger partial charge in [0.05, 0.1) is 13.2 Å². The summed E-state index contributed by atoms with van der Waals surface area (Å²) in [7, 11) is -0.838. The Balaban J connectivity index is 3.53. The van der Waals surface area contributed by atoms with E-state index in [0.717, 1.165) is 0 Å². The average molecular weight is 222 g/mol. The van der Waals surface area contributed by atoms with Crippen LogP contribution in [0.3, 0.4) is 0 Å². The third-order valence-electron chi connectivity index (χ3n) is 1.46. The molecule has 0 aromatic rings. The summed E-state index contributed by atoms with van der Waals surface area (Å²) in [5.41, 5.74) is 0. The molecule has 0 spiro atoms. The Labute approximate surface area is 89.9 Å². The van der Waals surface area contributed by atoms with Crippen molar-refractivity contribution in [3.05, 3.63) is 0 Å². The Kier molecular flexibility index (Phi) is 11.8. The maximum absolute atomic E-state index is 8.54. The molecule has 0 saturated carbocycles. The summed E-state index contributed by atoms with van der Waals surface area (Å²) in [5, 5.41) is 25.6. The van der Waals surface area contributed by atoms with Crippen molar-refractivity contribution in [3.63, 3.8) is 0 Å². The third-order valence-corrected chi connectivity index (χ3v) is 1.46. The molecule has 0 aromatic heterocycles. The molecule has 0 amide bonds. The molecule has 0 rings (SSSR count).